The topological polar surface area (TPSA) is 166 Å². The van der Waals surface area contributed by atoms with Gasteiger partial charge in [0, 0.05) is 70.9 Å². The van der Waals surface area contributed by atoms with E-state index in [0.29, 0.717) is 63.2 Å². The van der Waals surface area contributed by atoms with Gasteiger partial charge in [0.2, 0.25) is 0 Å². The molecule has 2 spiro atoms. The minimum atomic E-state index is -2.33. The Morgan fingerprint density at radius 3 is 2.44 bits per heavy atom. The molecule has 84 heavy (non-hydrogen) atoms. The molecular weight excluding hydrogens is 1050 g/mol. The van der Waals surface area contributed by atoms with E-state index < -0.39 is 80.8 Å². The molecule has 442 valence electrons. The first-order valence-electron chi connectivity index (χ1n) is 33.1. The Morgan fingerprint density at radius 2 is 1.62 bits per heavy atom. The van der Waals surface area contributed by atoms with E-state index in [1.807, 2.05) is 25.2 Å². The second kappa shape index (κ2) is 19.7. The van der Waals surface area contributed by atoms with Crippen LogP contribution in [0.5, 0.6) is 0 Å². The number of aliphatic hydroxyl groups excluding tert-OH is 2. The van der Waals surface area contributed by atoms with Crippen LogP contribution < -0.4 is 5.32 Å². The molecule has 3 aliphatic heterocycles. The number of nitrogens with one attached hydrogen (secondary N) is 1. The molecule has 0 amide bonds. The van der Waals surface area contributed by atoms with Crippen LogP contribution in [-0.2, 0) is 51.4 Å². The maximum Gasteiger partial charge on any atom is 0.331 e. The van der Waals surface area contributed by atoms with Crippen molar-refractivity contribution in [2.75, 3.05) is 7.05 Å². The van der Waals surface area contributed by atoms with Crippen molar-refractivity contribution in [3.63, 3.8) is 0 Å². The third-order valence-electron chi connectivity index (χ3n) is 27.5. The fourth-order valence-electron chi connectivity index (χ4n) is 24.4. The number of carbonyl (C=O) groups excluding carboxylic acids is 2. The second-order valence-electron chi connectivity index (χ2n) is 30.4. The van der Waals surface area contributed by atoms with Crippen LogP contribution in [0.15, 0.2) is 84.4 Å². The number of likely N-dealkylation sites (N-methyl/N-ethyl adjacent to an activating group) is 1. The quantitative estimate of drug-likeness (QED) is 0.0825. The van der Waals surface area contributed by atoms with Crippen LogP contribution in [-0.4, -0.2) is 92.1 Å². The van der Waals surface area contributed by atoms with Gasteiger partial charge in [0.15, 0.2) is 0 Å². The summed E-state index contributed by atoms with van der Waals surface area (Å²) in [7, 11) is 1.94. The summed E-state index contributed by atoms with van der Waals surface area (Å²) in [6.07, 6.45) is 13.7. The van der Waals surface area contributed by atoms with E-state index in [2.05, 4.69) is 90.5 Å². The van der Waals surface area contributed by atoms with Crippen LogP contribution in [0.1, 0.15) is 143 Å². The lowest BCUT2D eigenvalue weighted by Crippen LogP contribution is -2.88. The molecule has 15 bridgehead atoms. The summed E-state index contributed by atoms with van der Waals surface area (Å²) in [6, 6.07) is 25.8. The van der Waals surface area contributed by atoms with Crippen molar-refractivity contribution in [2.45, 2.75) is 189 Å². The first-order valence-corrected chi connectivity index (χ1v) is 33.1. The molecule has 0 radical (unpaired) electrons. The van der Waals surface area contributed by atoms with Gasteiger partial charge in [-0.2, -0.15) is 0 Å². The van der Waals surface area contributed by atoms with E-state index in [0.717, 1.165) is 92.8 Å². The maximum atomic E-state index is 16.0. The summed E-state index contributed by atoms with van der Waals surface area (Å²) < 4.78 is 14.4. The Bertz CT molecular complexity index is 3320. The smallest absolute Gasteiger partial charge is 0.331 e. The summed E-state index contributed by atoms with van der Waals surface area (Å²) >= 11 is 0. The lowest BCUT2D eigenvalue weighted by atomic mass is 9.31. The minimum absolute atomic E-state index is 0.0759. The van der Waals surface area contributed by atoms with Crippen molar-refractivity contribution in [3.05, 3.63) is 118 Å². The number of ether oxygens (including phenoxy) is 2. The van der Waals surface area contributed by atoms with E-state index in [1.165, 1.54) is 16.7 Å². The molecule has 10 nitrogen and oxygen atoms in total. The predicted molar refractivity (Wildman–Crippen MR) is 317 cm³/mol. The van der Waals surface area contributed by atoms with E-state index in [9.17, 15) is 15.0 Å². The highest BCUT2D eigenvalue weighted by molar-refractivity contribution is 5.86. The summed E-state index contributed by atoms with van der Waals surface area (Å²) in [5.74, 6) is 12.1. The Labute approximate surface area is 496 Å². The standard InChI is InChI=1S/C74H87NO9/c1-42-48-21-20-46(28-48)26-44-13-8-14-45(25-44)29-56-33-55-30-53-36-69(55)40-71(41-77)66-51(18-10-17-50(53)27-43-11-4-3-5-12-43)37-70-24-7-6-15-47-16-9-19-52(39-76)57(47)34-62(75-2)58-31-54(64(70)59-35-63(78)84-65(58)59)38-72(70,80)74(66,82)67(79)61-32-49(42)22-23-60(68(69)83-56)73(61,71)81/h3-5,8-9,11-14,16,19,25,35,41-42,46,48-51,53-56,58,60-62,64-68,75-76,79-82H,7,17,20-24,26-34,36-40H2,1-2H3/t42-,46+,48-,49-,50-,51-,53+,54+,55+,56+,58-,60-,61-,62-,64+,65+,66+,67-,68+,69-,70+,71-,72+,73+,74+/m0/s1. The van der Waals surface area contributed by atoms with Crippen molar-refractivity contribution < 1.29 is 44.6 Å². The Morgan fingerprint density at radius 1 is 0.810 bits per heavy atom. The van der Waals surface area contributed by atoms with E-state index in [-0.39, 0.29) is 79.1 Å². The van der Waals surface area contributed by atoms with Crippen molar-refractivity contribution in [1.82, 2.24) is 5.32 Å². The number of fused-ring (bicyclic) bond motifs is 12. The van der Waals surface area contributed by atoms with Crippen molar-refractivity contribution in [2.24, 2.45) is 99.1 Å². The Balaban J connectivity index is 0.931. The number of hydrogen-bond acceptors (Lipinski definition) is 10. The highest BCUT2D eigenvalue weighted by Gasteiger charge is 2.89. The maximum absolute atomic E-state index is 16.0. The van der Waals surface area contributed by atoms with E-state index >= 15 is 20.1 Å². The number of esters is 1. The van der Waals surface area contributed by atoms with Crippen molar-refractivity contribution in [1.29, 1.82) is 0 Å². The molecule has 17 rings (SSSR count). The fourth-order valence-corrected chi connectivity index (χ4v) is 24.4. The molecule has 3 aromatic rings. The van der Waals surface area contributed by atoms with Gasteiger partial charge in [-0.1, -0.05) is 91.4 Å². The minimum Gasteiger partial charge on any atom is -0.454 e. The first-order chi connectivity index (χ1) is 40.7. The van der Waals surface area contributed by atoms with Gasteiger partial charge in [-0.05, 0) is 215 Å². The number of hydrogen-bond donors (Lipinski definition) is 6. The van der Waals surface area contributed by atoms with Gasteiger partial charge in [0.25, 0.3) is 0 Å². The normalized spacial score (nSPS) is 48.7. The number of aldehydes is 1. The van der Waals surface area contributed by atoms with Crippen LogP contribution in [0.4, 0.5) is 0 Å². The van der Waals surface area contributed by atoms with Crippen LogP contribution >= 0.6 is 0 Å². The number of aliphatic hydroxyl groups is 5. The molecule has 9 fully saturated rings. The highest BCUT2D eigenvalue weighted by Crippen LogP contribution is 2.81. The van der Waals surface area contributed by atoms with E-state index in [1.54, 1.807) is 6.08 Å². The molecule has 0 aromatic heterocycles. The fraction of sp³-hybridized carbons (Fsp3) is 0.649. The third kappa shape index (κ3) is 7.44. The van der Waals surface area contributed by atoms with Gasteiger partial charge >= 0.3 is 5.97 Å². The summed E-state index contributed by atoms with van der Waals surface area (Å²) in [5, 5.41) is 74.9. The zero-order valence-electron chi connectivity index (χ0n) is 49.3. The average Bonchev–Trinajstić information content (AvgIpc) is 1.14. The van der Waals surface area contributed by atoms with Gasteiger partial charge in [0.05, 0.1) is 35.9 Å². The number of rotatable bonds is 5. The molecule has 3 heterocycles. The number of carbonyl (C=O) groups is 2. The first kappa shape index (κ1) is 54.7. The van der Waals surface area contributed by atoms with Crippen LogP contribution in [0.25, 0.3) is 0 Å². The Hall–Kier alpha value is -4.62. The molecule has 1 saturated heterocycles. The lowest BCUT2D eigenvalue weighted by Gasteiger charge is -2.76. The molecule has 25 atom stereocenters. The largest absolute Gasteiger partial charge is 0.454 e. The van der Waals surface area contributed by atoms with E-state index in [4.69, 9.17) is 9.47 Å². The Kier molecular flexibility index (Phi) is 12.8. The molecule has 10 heteroatoms. The molecule has 14 aliphatic rings. The second-order valence-corrected chi connectivity index (χ2v) is 30.4. The van der Waals surface area contributed by atoms with Crippen LogP contribution in [0, 0.1) is 123 Å². The predicted octanol–water partition coefficient (Wildman–Crippen LogP) is 9.06. The van der Waals surface area contributed by atoms with Gasteiger partial charge in [-0.3, -0.25) is 0 Å². The number of benzene rings is 3. The van der Waals surface area contributed by atoms with Crippen LogP contribution in [0.3, 0.4) is 0 Å². The molecule has 3 aromatic carbocycles. The third-order valence-corrected chi connectivity index (χ3v) is 27.5. The van der Waals surface area contributed by atoms with Gasteiger partial charge < -0.3 is 45.1 Å². The van der Waals surface area contributed by atoms with Gasteiger partial charge in [0.1, 0.15) is 23.6 Å². The highest BCUT2D eigenvalue weighted by atomic mass is 16.5. The van der Waals surface area contributed by atoms with Gasteiger partial charge in [-0.15, -0.1) is 5.92 Å². The summed E-state index contributed by atoms with van der Waals surface area (Å²) in [6.45, 7) is 2.28. The van der Waals surface area contributed by atoms with Gasteiger partial charge in [-0.25, -0.2) is 4.79 Å². The molecule has 6 N–H and O–H groups in total. The lowest BCUT2D eigenvalue weighted by molar-refractivity contribution is -0.397. The SMILES string of the molecule is CN[C@H]1Cc2c(cccc2CO)C#CCC[C@]23C[C@@H]4C#CC[C@@H](Cc5ccccc5)[C@@H]5C[C@@H]6C[C@H]7Cc8cccc(c8)C[C@H]8CC[C@@H](C8)[C@H](C)[C@H]8CC[C@H]9[C@@H](O7)[C@@]6(C5)C[C@]5(C=O)[C@@H]4[C@@](O)([C@@H](O)[C@H](C8)[C@]95O)[C@@]2(O)C[C@H]2C[C@@H]1[C@H]1OC(=O)C=C1[C@@H]23. The molecule has 0 unspecified atom stereocenters. The monoisotopic (exact) mass is 1130 g/mol. The molecular formula is C74H87NO9. The summed E-state index contributed by atoms with van der Waals surface area (Å²) in [5.41, 5.74) is -2.12. The average molecular weight is 1130 g/mol. The van der Waals surface area contributed by atoms with Crippen molar-refractivity contribution in [3.8, 4) is 23.7 Å². The van der Waals surface area contributed by atoms with Crippen molar-refractivity contribution >= 4 is 12.3 Å². The molecule has 8 saturated carbocycles. The van der Waals surface area contributed by atoms with Crippen LogP contribution in [0.2, 0.25) is 0 Å². The summed E-state index contributed by atoms with van der Waals surface area (Å²) in [4.78, 5) is 30.1. The molecule has 11 aliphatic carbocycles. The zero-order chi connectivity index (χ0) is 57.3. The zero-order valence-corrected chi connectivity index (χ0v) is 49.3.